The zero-order valence-electron chi connectivity index (χ0n) is 17.0. The number of aliphatic hydroxyl groups excluding tert-OH is 1. The highest BCUT2D eigenvalue weighted by atomic mass is 32.1. The molecule has 1 atom stereocenters. The molecule has 1 aromatic carbocycles. The molecule has 2 aromatic heterocycles. The van der Waals surface area contributed by atoms with E-state index in [-0.39, 0.29) is 11.3 Å². The first-order chi connectivity index (χ1) is 15.0. The topological polar surface area (TPSA) is 106 Å². The largest absolute Gasteiger partial charge is 0.507 e. The van der Waals surface area contributed by atoms with E-state index < -0.39 is 17.7 Å². The summed E-state index contributed by atoms with van der Waals surface area (Å²) >= 11 is 1.20. The fourth-order valence-electron chi connectivity index (χ4n) is 3.39. The number of pyridine rings is 1. The standard InChI is InChI=1S/C22H20N4O4S/c1-3-11-30-16-6-4-5-15(12-16)18-17(19(27)14-7-9-23-10-8-14)20(28)21(29)26(18)22-25-24-13(2)31-22/h4-10,12,18,27H,3,11H2,1-2H3. The Kier molecular flexibility index (Phi) is 5.77. The summed E-state index contributed by atoms with van der Waals surface area (Å²) in [5.74, 6) is -1.21. The minimum absolute atomic E-state index is 0.0169. The number of benzene rings is 1. The van der Waals surface area contributed by atoms with Crippen LogP contribution in [0, 0.1) is 6.92 Å². The van der Waals surface area contributed by atoms with Crippen LogP contribution < -0.4 is 9.64 Å². The van der Waals surface area contributed by atoms with Gasteiger partial charge in [-0.3, -0.25) is 19.5 Å². The van der Waals surface area contributed by atoms with E-state index in [1.807, 2.05) is 13.0 Å². The minimum atomic E-state index is -0.870. The molecular weight excluding hydrogens is 416 g/mol. The van der Waals surface area contributed by atoms with Crippen LogP contribution in [0.15, 0.2) is 54.4 Å². The van der Waals surface area contributed by atoms with Crippen LogP contribution in [0.4, 0.5) is 5.13 Å². The van der Waals surface area contributed by atoms with Gasteiger partial charge in [0, 0.05) is 18.0 Å². The molecular formula is C22H20N4O4S. The number of rotatable bonds is 6. The molecule has 3 aromatic rings. The van der Waals surface area contributed by atoms with Crippen LogP contribution in [0.2, 0.25) is 0 Å². The van der Waals surface area contributed by atoms with Gasteiger partial charge < -0.3 is 9.84 Å². The lowest BCUT2D eigenvalue weighted by atomic mass is 9.95. The predicted molar refractivity (Wildman–Crippen MR) is 116 cm³/mol. The Balaban J connectivity index is 1.90. The smallest absolute Gasteiger partial charge is 0.301 e. The summed E-state index contributed by atoms with van der Waals surface area (Å²) in [7, 11) is 0. The maximum atomic E-state index is 13.1. The third kappa shape index (κ3) is 3.91. The van der Waals surface area contributed by atoms with Gasteiger partial charge in [0.15, 0.2) is 0 Å². The van der Waals surface area contributed by atoms with Crippen molar-refractivity contribution in [2.45, 2.75) is 26.3 Å². The van der Waals surface area contributed by atoms with Gasteiger partial charge in [0.2, 0.25) is 5.13 Å². The summed E-state index contributed by atoms with van der Waals surface area (Å²) in [5.41, 5.74) is 0.998. The Morgan fingerprint density at radius 3 is 2.65 bits per heavy atom. The average Bonchev–Trinajstić information content (AvgIpc) is 3.33. The molecule has 9 heteroatoms. The number of aryl methyl sites for hydroxylation is 1. The molecule has 1 saturated heterocycles. The van der Waals surface area contributed by atoms with Crippen LogP contribution in [-0.2, 0) is 9.59 Å². The van der Waals surface area contributed by atoms with E-state index in [4.69, 9.17) is 4.74 Å². The number of ketones is 1. The molecule has 1 N–H and O–H groups in total. The quantitative estimate of drug-likeness (QED) is 0.357. The van der Waals surface area contributed by atoms with Crippen molar-refractivity contribution in [2.24, 2.45) is 0 Å². The lowest BCUT2D eigenvalue weighted by Crippen LogP contribution is -2.29. The van der Waals surface area contributed by atoms with E-state index in [9.17, 15) is 14.7 Å². The fourth-order valence-corrected chi connectivity index (χ4v) is 4.10. The third-order valence-corrected chi connectivity index (χ3v) is 5.60. The molecule has 158 valence electrons. The molecule has 1 unspecified atom stereocenters. The van der Waals surface area contributed by atoms with Crippen LogP contribution in [0.3, 0.4) is 0 Å². The van der Waals surface area contributed by atoms with Crippen molar-refractivity contribution in [3.8, 4) is 5.75 Å². The second-order valence-electron chi connectivity index (χ2n) is 6.93. The highest BCUT2D eigenvalue weighted by Crippen LogP contribution is 2.43. The first-order valence-electron chi connectivity index (χ1n) is 9.75. The van der Waals surface area contributed by atoms with Crippen molar-refractivity contribution < 1.29 is 19.4 Å². The zero-order chi connectivity index (χ0) is 22.0. The fraction of sp³-hybridized carbons (Fsp3) is 0.227. The molecule has 31 heavy (non-hydrogen) atoms. The van der Waals surface area contributed by atoms with Crippen LogP contribution in [0.5, 0.6) is 5.75 Å². The van der Waals surface area contributed by atoms with E-state index >= 15 is 0 Å². The van der Waals surface area contributed by atoms with Crippen LogP contribution in [0.1, 0.15) is 35.5 Å². The number of amides is 1. The maximum Gasteiger partial charge on any atom is 0.301 e. The molecule has 0 aliphatic carbocycles. The zero-order valence-corrected chi connectivity index (χ0v) is 17.8. The van der Waals surface area contributed by atoms with E-state index in [1.165, 1.54) is 28.6 Å². The Labute approximate surface area is 182 Å². The Morgan fingerprint density at radius 2 is 1.97 bits per heavy atom. The Hall–Kier alpha value is -3.59. The van der Waals surface area contributed by atoms with Crippen LogP contribution in [0.25, 0.3) is 5.76 Å². The summed E-state index contributed by atoms with van der Waals surface area (Å²) in [6, 6.07) is 9.45. The van der Waals surface area contributed by atoms with E-state index in [0.717, 1.165) is 6.42 Å². The number of Topliss-reactive ketones (excluding diaryl/α,β-unsaturated/α-hetero) is 1. The van der Waals surface area contributed by atoms with Crippen molar-refractivity contribution in [1.29, 1.82) is 0 Å². The average molecular weight is 436 g/mol. The molecule has 3 heterocycles. The molecule has 1 amide bonds. The third-order valence-electron chi connectivity index (χ3n) is 4.77. The molecule has 0 bridgehead atoms. The number of hydrogen-bond acceptors (Lipinski definition) is 8. The number of aromatic nitrogens is 3. The van der Waals surface area contributed by atoms with Gasteiger partial charge in [0.25, 0.3) is 5.78 Å². The summed E-state index contributed by atoms with van der Waals surface area (Å²) in [6.45, 7) is 4.31. The summed E-state index contributed by atoms with van der Waals surface area (Å²) in [6.07, 6.45) is 3.86. The summed E-state index contributed by atoms with van der Waals surface area (Å²) < 4.78 is 5.73. The van der Waals surface area contributed by atoms with Crippen molar-refractivity contribution >= 4 is 33.9 Å². The molecule has 0 radical (unpaired) electrons. The van der Waals surface area contributed by atoms with Gasteiger partial charge in [-0.25, -0.2) is 0 Å². The van der Waals surface area contributed by atoms with Gasteiger partial charge in [-0.2, -0.15) is 0 Å². The van der Waals surface area contributed by atoms with Gasteiger partial charge >= 0.3 is 5.91 Å². The number of anilines is 1. The van der Waals surface area contributed by atoms with Gasteiger partial charge in [-0.1, -0.05) is 30.4 Å². The lowest BCUT2D eigenvalue weighted by Gasteiger charge is -2.23. The Bertz CT molecular complexity index is 1160. The number of hydrogen-bond donors (Lipinski definition) is 1. The van der Waals surface area contributed by atoms with Crippen molar-refractivity contribution in [2.75, 3.05) is 11.5 Å². The lowest BCUT2D eigenvalue weighted by molar-refractivity contribution is -0.132. The maximum absolute atomic E-state index is 13.1. The molecule has 4 rings (SSSR count). The summed E-state index contributed by atoms with van der Waals surface area (Å²) in [5, 5.41) is 20.0. The molecule has 0 spiro atoms. The number of aliphatic hydroxyl groups is 1. The second-order valence-corrected chi connectivity index (χ2v) is 8.09. The first kappa shape index (κ1) is 20.7. The monoisotopic (exact) mass is 436 g/mol. The molecule has 1 fully saturated rings. The van der Waals surface area contributed by atoms with E-state index in [2.05, 4.69) is 15.2 Å². The van der Waals surface area contributed by atoms with Gasteiger partial charge in [-0.05, 0) is 43.2 Å². The minimum Gasteiger partial charge on any atom is -0.507 e. The van der Waals surface area contributed by atoms with Gasteiger partial charge in [0.05, 0.1) is 18.2 Å². The SMILES string of the molecule is CCCOc1cccc(C2C(=C(O)c3ccncc3)C(=O)C(=O)N2c2nnc(C)s2)c1. The number of carbonyl (C=O) groups excluding carboxylic acids is 2. The normalized spacial score (nSPS) is 17.9. The highest BCUT2D eigenvalue weighted by molar-refractivity contribution is 7.15. The second kappa shape index (κ2) is 8.65. The molecule has 1 aliphatic heterocycles. The van der Waals surface area contributed by atoms with E-state index in [0.29, 0.717) is 33.6 Å². The highest BCUT2D eigenvalue weighted by Gasteiger charge is 2.48. The predicted octanol–water partition coefficient (Wildman–Crippen LogP) is 3.66. The number of ether oxygens (including phenoxy) is 1. The number of carbonyl (C=O) groups is 2. The summed E-state index contributed by atoms with van der Waals surface area (Å²) in [4.78, 5) is 31.3. The van der Waals surface area contributed by atoms with Gasteiger partial charge in [0.1, 0.15) is 16.5 Å². The Morgan fingerprint density at radius 1 is 1.19 bits per heavy atom. The molecule has 8 nitrogen and oxygen atoms in total. The van der Waals surface area contributed by atoms with Crippen molar-refractivity contribution in [1.82, 2.24) is 15.2 Å². The molecule has 1 aliphatic rings. The van der Waals surface area contributed by atoms with Crippen LogP contribution >= 0.6 is 11.3 Å². The van der Waals surface area contributed by atoms with Crippen molar-refractivity contribution in [3.63, 3.8) is 0 Å². The first-order valence-corrected chi connectivity index (χ1v) is 10.6. The van der Waals surface area contributed by atoms with Gasteiger partial charge in [-0.15, -0.1) is 10.2 Å². The van der Waals surface area contributed by atoms with Crippen LogP contribution in [-0.4, -0.2) is 38.6 Å². The number of nitrogens with zero attached hydrogens (tertiary/aromatic N) is 4. The van der Waals surface area contributed by atoms with E-state index in [1.54, 1.807) is 37.3 Å². The van der Waals surface area contributed by atoms with Crippen molar-refractivity contribution in [3.05, 3.63) is 70.5 Å². The molecule has 0 saturated carbocycles.